The van der Waals surface area contributed by atoms with Crippen LogP contribution in [0.2, 0.25) is 5.02 Å². The van der Waals surface area contributed by atoms with Crippen LogP contribution in [-0.2, 0) is 0 Å². The maximum atomic E-state index is 12.0. The number of nitrogens with one attached hydrogen (secondary N) is 1. The molecule has 120 valence electrons. The van der Waals surface area contributed by atoms with Gasteiger partial charge >= 0.3 is 0 Å². The molecule has 0 atom stereocenters. The summed E-state index contributed by atoms with van der Waals surface area (Å²) in [7, 11) is 0. The van der Waals surface area contributed by atoms with Crippen molar-refractivity contribution in [2.45, 2.75) is 13.8 Å². The minimum atomic E-state index is -0.315. The van der Waals surface area contributed by atoms with E-state index in [1.807, 2.05) is 24.3 Å². The molecule has 0 bridgehead atoms. The summed E-state index contributed by atoms with van der Waals surface area (Å²) in [5, 5.41) is 4.50. The maximum absolute atomic E-state index is 12.0. The van der Waals surface area contributed by atoms with Crippen LogP contribution >= 0.6 is 11.6 Å². The van der Waals surface area contributed by atoms with Crippen molar-refractivity contribution in [3.05, 3.63) is 64.7 Å². The topological polar surface area (TPSA) is 50.7 Å². The monoisotopic (exact) mass is 330 g/mol. The fourth-order valence-corrected chi connectivity index (χ4v) is 2.02. The quantitative estimate of drug-likeness (QED) is 0.639. The summed E-state index contributed by atoms with van der Waals surface area (Å²) in [6.07, 6.45) is 1.57. The van der Waals surface area contributed by atoms with E-state index in [9.17, 15) is 4.79 Å². The fraction of sp³-hybridized carbons (Fsp3) is 0.222. The molecule has 1 N–H and O–H groups in total. The summed E-state index contributed by atoms with van der Waals surface area (Å²) in [4.78, 5) is 12.0. The molecule has 0 unspecified atom stereocenters. The van der Waals surface area contributed by atoms with Crippen molar-refractivity contribution in [2.24, 2.45) is 11.0 Å². The number of halogens is 1. The van der Waals surface area contributed by atoms with Crippen LogP contribution in [0.3, 0.4) is 0 Å². The molecule has 0 fully saturated rings. The number of benzene rings is 2. The van der Waals surface area contributed by atoms with Gasteiger partial charge in [-0.1, -0.05) is 43.6 Å². The molecule has 0 saturated heterocycles. The summed E-state index contributed by atoms with van der Waals surface area (Å²) in [6, 6.07) is 14.2. The standard InChI is InChI=1S/C18H19ClN2O2/c1-13(2)12-23-17-9-4-3-6-15(17)11-20-21-18(22)14-7-5-8-16(19)10-14/h3-11,13H,12H2,1-2H3,(H,21,22)/b20-11-. The molecular weight excluding hydrogens is 312 g/mol. The lowest BCUT2D eigenvalue weighted by atomic mass is 10.2. The van der Waals surface area contributed by atoms with Crippen LogP contribution in [-0.4, -0.2) is 18.7 Å². The second kappa shape index (κ2) is 8.34. The highest BCUT2D eigenvalue weighted by molar-refractivity contribution is 6.30. The second-order valence-electron chi connectivity index (χ2n) is 5.45. The van der Waals surface area contributed by atoms with Gasteiger partial charge in [0, 0.05) is 16.1 Å². The van der Waals surface area contributed by atoms with Crippen LogP contribution < -0.4 is 10.2 Å². The Morgan fingerprint density at radius 3 is 2.78 bits per heavy atom. The molecule has 0 aliphatic heterocycles. The average molecular weight is 331 g/mol. The Morgan fingerprint density at radius 1 is 1.26 bits per heavy atom. The van der Waals surface area contributed by atoms with Gasteiger partial charge in [-0.2, -0.15) is 5.10 Å². The van der Waals surface area contributed by atoms with E-state index in [-0.39, 0.29) is 5.91 Å². The third-order valence-electron chi connectivity index (χ3n) is 2.95. The van der Waals surface area contributed by atoms with Gasteiger partial charge < -0.3 is 4.74 Å². The van der Waals surface area contributed by atoms with E-state index in [1.165, 1.54) is 0 Å². The molecule has 5 heteroatoms. The van der Waals surface area contributed by atoms with Gasteiger partial charge in [0.1, 0.15) is 5.75 Å². The van der Waals surface area contributed by atoms with E-state index < -0.39 is 0 Å². The van der Waals surface area contributed by atoms with Gasteiger partial charge in [-0.3, -0.25) is 4.79 Å². The molecular formula is C18H19ClN2O2. The van der Waals surface area contributed by atoms with Gasteiger partial charge in [0.15, 0.2) is 0 Å². The number of hydrogen-bond donors (Lipinski definition) is 1. The van der Waals surface area contributed by atoms with E-state index in [0.717, 1.165) is 11.3 Å². The zero-order valence-electron chi connectivity index (χ0n) is 13.1. The molecule has 2 aromatic rings. The average Bonchev–Trinajstić information content (AvgIpc) is 2.53. The van der Waals surface area contributed by atoms with Crippen LogP contribution in [0.25, 0.3) is 0 Å². The third kappa shape index (κ3) is 5.42. The highest BCUT2D eigenvalue weighted by Gasteiger charge is 2.05. The third-order valence-corrected chi connectivity index (χ3v) is 3.18. The Kier molecular flexibility index (Phi) is 6.18. The smallest absolute Gasteiger partial charge is 0.271 e. The van der Waals surface area contributed by atoms with Crippen molar-refractivity contribution in [1.82, 2.24) is 5.43 Å². The molecule has 0 aliphatic rings. The number of hydrogen-bond acceptors (Lipinski definition) is 3. The number of carbonyl (C=O) groups is 1. The van der Waals surface area contributed by atoms with Crippen molar-refractivity contribution in [3.8, 4) is 5.75 Å². The van der Waals surface area contributed by atoms with Gasteiger partial charge in [0.25, 0.3) is 5.91 Å². The molecule has 0 aromatic heterocycles. The lowest BCUT2D eigenvalue weighted by Gasteiger charge is -2.10. The van der Waals surface area contributed by atoms with E-state index in [4.69, 9.17) is 16.3 Å². The first-order valence-electron chi connectivity index (χ1n) is 7.37. The van der Waals surface area contributed by atoms with Crippen molar-refractivity contribution >= 4 is 23.7 Å². The first kappa shape index (κ1) is 17.0. The molecule has 1 amide bonds. The van der Waals surface area contributed by atoms with Gasteiger partial charge in [0.2, 0.25) is 0 Å². The summed E-state index contributed by atoms with van der Waals surface area (Å²) in [5.41, 5.74) is 3.75. The van der Waals surface area contributed by atoms with Crippen molar-refractivity contribution in [2.75, 3.05) is 6.61 Å². The Balaban J connectivity index is 2.01. The highest BCUT2D eigenvalue weighted by atomic mass is 35.5. The van der Waals surface area contributed by atoms with E-state index in [0.29, 0.717) is 23.1 Å². The molecule has 0 spiro atoms. The van der Waals surface area contributed by atoms with E-state index in [1.54, 1.807) is 30.5 Å². The Hall–Kier alpha value is -2.33. The molecule has 0 aliphatic carbocycles. The van der Waals surface area contributed by atoms with Gasteiger partial charge in [-0.05, 0) is 36.2 Å². The van der Waals surface area contributed by atoms with E-state index >= 15 is 0 Å². The number of carbonyl (C=O) groups excluding carboxylic acids is 1. The van der Waals surface area contributed by atoms with Crippen LogP contribution in [0.1, 0.15) is 29.8 Å². The zero-order valence-corrected chi connectivity index (χ0v) is 13.9. The van der Waals surface area contributed by atoms with Gasteiger partial charge in [-0.25, -0.2) is 5.43 Å². The number of rotatable bonds is 6. The molecule has 2 rings (SSSR count). The van der Waals surface area contributed by atoms with Crippen molar-refractivity contribution in [1.29, 1.82) is 0 Å². The van der Waals surface area contributed by atoms with Crippen LogP contribution in [0.5, 0.6) is 5.75 Å². The van der Waals surface area contributed by atoms with E-state index in [2.05, 4.69) is 24.4 Å². The predicted octanol–water partition coefficient (Wildman–Crippen LogP) is 4.14. The fourth-order valence-electron chi connectivity index (χ4n) is 1.83. The summed E-state index contributed by atoms with van der Waals surface area (Å²) >= 11 is 5.86. The minimum Gasteiger partial charge on any atom is -0.493 e. The number of para-hydroxylation sites is 1. The van der Waals surface area contributed by atoms with Crippen molar-refractivity contribution in [3.63, 3.8) is 0 Å². The maximum Gasteiger partial charge on any atom is 0.271 e. The normalized spacial score (nSPS) is 11.0. The largest absolute Gasteiger partial charge is 0.493 e. The molecule has 23 heavy (non-hydrogen) atoms. The van der Waals surface area contributed by atoms with Gasteiger partial charge in [0.05, 0.1) is 12.8 Å². The van der Waals surface area contributed by atoms with Crippen LogP contribution in [0.15, 0.2) is 53.6 Å². The molecule has 0 saturated carbocycles. The van der Waals surface area contributed by atoms with Crippen molar-refractivity contribution < 1.29 is 9.53 Å². The highest BCUT2D eigenvalue weighted by Crippen LogP contribution is 2.16. The summed E-state index contributed by atoms with van der Waals surface area (Å²) < 4.78 is 5.74. The first-order valence-corrected chi connectivity index (χ1v) is 7.75. The molecule has 4 nitrogen and oxygen atoms in total. The number of nitrogens with zero attached hydrogens (tertiary/aromatic N) is 1. The minimum absolute atomic E-state index is 0.315. The summed E-state index contributed by atoms with van der Waals surface area (Å²) in [6.45, 7) is 4.80. The first-order chi connectivity index (χ1) is 11.1. The second-order valence-corrected chi connectivity index (χ2v) is 5.89. The summed E-state index contributed by atoms with van der Waals surface area (Å²) in [5.74, 6) is 0.855. The van der Waals surface area contributed by atoms with Gasteiger partial charge in [-0.15, -0.1) is 0 Å². The van der Waals surface area contributed by atoms with Crippen LogP contribution in [0.4, 0.5) is 0 Å². The molecule has 0 heterocycles. The lowest BCUT2D eigenvalue weighted by Crippen LogP contribution is -2.17. The molecule has 0 radical (unpaired) electrons. The molecule has 2 aromatic carbocycles. The van der Waals surface area contributed by atoms with Crippen LogP contribution in [0, 0.1) is 5.92 Å². The number of ether oxygens (including phenoxy) is 1. The Morgan fingerprint density at radius 2 is 2.04 bits per heavy atom. The number of amides is 1. The zero-order chi connectivity index (χ0) is 16.7. The Bertz CT molecular complexity index is 699. The number of hydrazone groups is 1. The SMILES string of the molecule is CC(C)COc1ccccc1/C=N\NC(=O)c1cccc(Cl)c1. The lowest BCUT2D eigenvalue weighted by molar-refractivity contribution is 0.0955. The Labute approximate surface area is 141 Å². The predicted molar refractivity (Wildman–Crippen MR) is 93.3 cm³/mol.